The van der Waals surface area contributed by atoms with Gasteiger partial charge in [-0.3, -0.25) is 14.4 Å². The molecule has 0 aliphatic heterocycles. The zero-order valence-corrected chi connectivity index (χ0v) is 36.3. The zero-order chi connectivity index (χ0) is 42.6. The lowest BCUT2D eigenvalue weighted by atomic mass is 10.1. The number of amides is 2. The smallest absolute Gasteiger partial charge is 0.328 e. The van der Waals surface area contributed by atoms with E-state index in [1.165, 1.54) is 32.1 Å². The molecule has 2 amide bonds. The summed E-state index contributed by atoms with van der Waals surface area (Å²) >= 11 is 0. The molecule has 0 fully saturated rings. The first-order chi connectivity index (χ1) is 28.3. The average molecular weight is 809 g/mol. The third-order valence-corrected chi connectivity index (χ3v) is 9.36. The summed E-state index contributed by atoms with van der Waals surface area (Å²) in [5.41, 5.74) is 0. The van der Waals surface area contributed by atoms with Crippen LogP contribution in [0.2, 0.25) is 0 Å². The molecule has 0 aliphatic rings. The van der Waals surface area contributed by atoms with Crippen LogP contribution in [0.3, 0.4) is 0 Å². The van der Waals surface area contributed by atoms with Crippen LogP contribution in [0, 0.1) is 0 Å². The highest BCUT2D eigenvalue weighted by Gasteiger charge is 2.18. The number of hydrogen-bond donors (Lipinski definition) is 4. The Kier molecular flexibility index (Phi) is 39.7. The van der Waals surface area contributed by atoms with Crippen molar-refractivity contribution < 1.29 is 34.1 Å². The van der Waals surface area contributed by atoms with Crippen molar-refractivity contribution in [1.29, 1.82) is 0 Å². The minimum absolute atomic E-state index is 0.138. The van der Waals surface area contributed by atoms with Crippen LogP contribution >= 0.6 is 0 Å². The van der Waals surface area contributed by atoms with Gasteiger partial charge in [-0.2, -0.15) is 0 Å². The van der Waals surface area contributed by atoms with E-state index in [0.29, 0.717) is 12.8 Å². The van der Waals surface area contributed by atoms with E-state index in [9.17, 15) is 19.2 Å². The standard InChI is InChI=1S/C49H80N2O7/c1-3-5-7-9-11-13-14-15-16-17-18-19-20-21-22-23-24-25-26-27-29-31-37-41-48(55)58-44(38-34-30-28-12-10-8-6-4-2)39-35-32-33-36-40-46(53)50-42-47(54)51-45(43-52)49(56)57/h5,7,11,13,15-16,18-19,21-22,24-25,34,38,44-45,52H,3-4,6,8-10,12,14,17,20,23,26-33,35-37,39-43H2,1-2H3,(H,50,53)(H,51,54)(H,56,57)/b7-5-,13-11-,16-15-,19-18-,22-21-,25-24-,38-34-. The van der Waals surface area contributed by atoms with Crippen LogP contribution in [0.25, 0.3) is 0 Å². The topological polar surface area (TPSA) is 142 Å². The number of carbonyl (C=O) groups is 4. The monoisotopic (exact) mass is 809 g/mol. The number of ether oxygens (including phenoxy) is 1. The molecule has 0 saturated carbocycles. The highest BCUT2D eigenvalue weighted by Crippen LogP contribution is 2.15. The Morgan fingerprint density at radius 1 is 0.552 bits per heavy atom. The predicted molar refractivity (Wildman–Crippen MR) is 240 cm³/mol. The first kappa shape index (κ1) is 54.0. The Morgan fingerprint density at radius 3 is 1.59 bits per heavy atom. The maximum Gasteiger partial charge on any atom is 0.328 e. The molecule has 0 saturated heterocycles. The molecule has 2 unspecified atom stereocenters. The molecule has 0 aromatic rings. The van der Waals surface area contributed by atoms with E-state index in [1.807, 2.05) is 0 Å². The van der Waals surface area contributed by atoms with Crippen molar-refractivity contribution in [2.45, 2.75) is 187 Å². The summed E-state index contributed by atoms with van der Waals surface area (Å²) < 4.78 is 5.90. The van der Waals surface area contributed by atoms with E-state index in [4.69, 9.17) is 14.9 Å². The number of carboxylic acid groups (broad SMARTS) is 1. The number of carbonyl (C=O) groups excluding carboxylic acids is 3. The van der Waals surface area contributed by atoms with Crippen molar-refractivity contribution in [2.24, 2.45) is 0 Å². The molecule has 9 heteroatoms. The van der Waals surface area contributed by atoms with Crippen LogP contribution in [0.15, 0.2) is 85.1 Å². The molecule has 328 valence electrons. The van der Waals surface area contributed by atoms with Crippen molar-refractivity contribution in [2.75, 3.05) is 13.2 Å². The molecule has 0 aromatic carbocycles. The Bertz CT molecular complexity index is 1250. The molecule has 0 bridgehead atoms. The van der Waals surface area contributed by atoms with Crippen LogP contribution in [0.1, 0.15) is 174 Å². The normalized spacial score (nSPS) is 13.3. The lowest BCUT2D eigenvalue weighted by Gasteiger charge is -2.15. The molecule has 0 rings (SSSR count). The molecule has 9 nitrogen and oxygen atoms in total. The minimum atomic E-state index is -1.40. The summed E-state index contributed by atoms with van der Waals surface area (Å²) in [6, 6.07) is -1.40. The number of esters is 1. The molecule has 0 heterocycles. The lowest BCUT2D eigenvalue weighted by Crippen LogP contribution is -2.47. The number of hydrogen-bond acceptors (Lipinski definition) is 6. The maximum absolute atomic E-state index is 12.7. The van der Waals surface area contributed by atoms with E-state index < -0.39 is 24.5 Å². The Balaban J connectivity index is 4.27. The molecule has 0 aromatic heterocycles. The van der Waals surface area contributed by atoms with Gasteiger partial charge < -0.3 is 25.6 Å². The fourth-order valence-electron chi connectivity index (χ4n) is 5.92. The summed E-state index contributed by atoms with van der Waals surface area (Å²) in [7, 11) is 0. The van der Waals surface area contributed by atoms with Gasteiger partial charge in [0.15, 0.2) is 0 Å². The Hall–Kier alpha value is -3.98. The fourth-order valence-corrected chi connectivity index (χ4v) is 5.92. The number of unbranched alkanes of at least 4 members (excludes halogenated alkanes) is 13. The SMILES string of the molecule is CC/C=C\C/C=C\C/C=C\C/C=C\C/C=C\C/C=C\CCCCCCC(=O)OC(/C=C\CCCCCCCC)CCCCCCC(=O)NCC(=O)NC(CO)C(=O)O. The summed E-state index contributed by atoms with van der Waals surface area (Å²) in [6.45, 7) is 3.31. The van der Waals surface area contributed by atoms with Crippen molar-refractivity contribution in [3.05, 3.63) is 85.1 Å². The van der Waals surface area contributed by atoms with Crippen molar-refractivity contribution in [3.63, 3.8) is 0 Å². The first-order valence-corrected chi connectivity index (χ1v) is 22.5. The molecule has 0 spiro atoms. The predicted octanol–water partition coefficient (Wildman–Crippen LogP) is 11.3. The second-order valence-electron chi connectivity index (χ2n) is 14.8. The van der Waals surface area contributed by atoms with Gasteiger partial charge in [0.1, 0.15) is 12.1 Å². The van der Waals surface area contributed by atoms with Gasteiger partial charge in [0.25, 0.3) is 0 Å². The van der Waals surface area contributed by atoms with Gasteiger partial charge in [-0.05, 0) is 96.0 Å². The number of aliphatic hydroxyl groups is 1. The van der Waals surface area contributed by atoms with E-state index >= 15 is 0 Å². The quantitative estimate of drug-likeness (QED) is 0.0275. The van der Waals surface area contributed by atoms with Gasteiger partial charge in [0, 0.05) is 12.8 Å². The average Bonchev–Trinajstić information content (AvgIpc) is 3.21. The number of rotatable bonds is 39. The summed E-state index contributed by atoms with van der Waals surface area (Å²) in [5, 5.41) is 22.5. The van der Waals surface area contributed by atoms with Crippen molar-refractivity contribution in [1.82, 2.24) is 10.6 Å². The number of aliphatic carboxylic acids is 1. The zero-order valence-electron chi connectivity index (χ0n) is 36.3. The highest BCUT2D eigenvalue weighted by molar-refractivity contribution is 5.87. The molecular weight excluding hydrogens is 729 g/mol. The van der Waals surface area contributed by atoms with Crippen LogP contribution in [0.5, 0.6) is 0 Å². The van der Waals surface area contributed by atoms with E-state index in [0.717, 1.165) is 109 Å². The molecule has 4 N–H and O–H groups in total. The molecule has 2 atom stereocenters. The number of allylic oxidation sites excluding steroid dienone is 13. The Morgan fingerprint density at radius 2 is 1.03 bits per heavy atom. The van der Waals surface area contributed by atoms with E-state index in [1.54, 1.807) is 0 Å². The van der Waals surface area contributed by atoms with Gasteiger partial charge in [-0.15, -0.1) is 0 Å². The van der Waals surface area contributed by atoms with Gasteiger partial charge in [-0.1, -0.05) is 151 Å². The molecular formula is C49H80N2O7. The summed E-state index contributed by atoms with van der Waals surface area (Å²) in [6.07, 6.45) is 54.9. The fraction of sp³-hybridized carbons (Fsp3) is 0.633. The number of carboxylic acids is 1. The number of aliphatic hydroxyl groups excluding tert-OH is 1. The van der Waals surface area contributed by atoms with Crippen LogP contribution in [-0.4, -0.2) is 59.3 Å². The van der Waals surface area contributed by atoms with Gasteiger partial charge in [0.2, 0.25) is 11.8 Å². The minimum Gasteiger partial charge on any atom is -0.480 e. The Labute approximate surface area is 352 Å². The second-order valence-corrected chi connectivity index (χ2v) is 14.8. The van der Waals surface area contributed by atoms with Crippen LogP contribution in [0.4, 0.5) is 0 Å². The summed E-state index contributed by atoms with van der Waals surface area (Å²) in [4.78, 5) is 47.6. The third kappa shape index (κ3) is 38.9. The van der Waals surface area contributed by atoms with Gasteiger partial charge in [-0.25, -0.2) is 4.79 Å². The lowest BCUT2D eigenvalue weighted by molar-refractivity contribution is -0.147. The third-order valence-electron chi connectivity index (χ3n) is 9.36. The molecule has 0 aliphatic carbocycles. The van der Waals surface area contributed by atoms with E-state index in [-0.39, 0.29) is 30.9 Å². The van der Waals surface area contributed by atoms with Crippen LogP contribution < -0.4 is 10.6 Å². The van der Waals surface area contributed by atoms with E-state index in [2.05, 4.69) is 110 Å². The highest BCUT2D eigenvalue weighted by atomic mass is 16.5. The maximum atomic E-state index is 12.7. The largest absolute Gasteiger partial charge is 0.480 e. The summed E-state index contributed by atoms with van der Waals surface area (Å²) in [5.74, 6) is -2.44. The van der Waals surface area contributed by atoms with Gasteiger partial charge in [0.05, 0.1) is 13.2 Å². The first-order valence-electron chi connectivity index (χ1n) is 22.5. The van der Waals surface area contributed by atoms with Crippen molar-refractivity contribution in [3.8, 4) is 0 Å². The van der Waals surface area contributed by atoms with Crippen LogP contribution in [-0.2, 0) is 23.9 Å². The molecule has 58 heavy (non-hydrogen) atoms. The number of nitrogens with one attached hydrogen (secondary N) is 2. The molecule has 0 radical (unpaired) electrons. The second kappa shape index (κ2) is 42.6. The van der Waals surface area contributed by atoms with Gasteiger partial charge >= 0.3 is 11.9 Å². The van der Waals surface area contributed by atoms with Crippen molar-refractivity contribution >= 4 is 23.8 Å².